The molecule has 0 bridgehead atoms. The lowest BCUT2D eigenvalue weighted by Crippen LogP contribution is -2.27. The van der Waals surface area contributed by atoms with Gasteiger partial charge in [-0.2, -0.15) is 0 Å². The van der Waals surface area contributed by atoms with Crippen molar-refractivity contribution in [2.24, 2.45) is 5.92 Å². The summed E-state index contributed by atoms with van der Waals surface area (Å²) in [6, 6.07) is 8.49. The van der Waals surface area contributed by atoms with E-state index in [1.807, 2.05) is 0 Å². The second kappa shape index (κ2) is 5.98. The van der Waals surface area contributed by atoms with Crippen molar-refractivity contribution < 1.29 is 0 Å². The second-order valence-corrected chi connectivity index (χ2v) is 6.06. The van der Waals surface area contributed by atoms with E-state index >= 15 is 0 Å². The molecule has 1 aliphatic heterocycles. The summed E-state index contributed by atoms with van der Waals surface area (Å²) in [5.41, 5.74) is 1.38. The molecule has 1 saturated heterocycles. The van der Waals surface area contributed by atoms with Crippen LogP contribution in [0.25, 0.3) is 0 Å². The Morgan fingerprint density at radius 1 is 1.41 bits per heavy atom. The van der Waals surface area contributed by atoms with Crippen molar-refractivity contribution in [3.05, 3.63) is 34.3 Å². The van der Waals surface area contributed by atoms with Gasteiger partial charge in [-0.25, -0.2) is 0 Å². The van der Waals surface area contributed by atoms with E-state index in [0.717, 1.165) is 12.5 Å². The first-order chi connectivity index (χ1) is 8.15. The van der Waals surface area contributed by atoms with E-state index in [9.17, 15) is 0 Å². The highest BCUT2D eigenvalue weighted by Crippen LogP contribution is 2.19. The summed E-state index contributed by atoms with van der Waals surface area (Å²) in [4.78, 5) is 4.86. The Kier molecular flexibility index (Phi) is 4.60. The molecule has 0 saturated carbocycles. The number of halogens is 1. The molecule has 0 amide bonds. The van der Waals surface area contributed by atoms with E-state index in [2.05, 4.69) is 64.1 Å². The van der Waals surface area contributed by atoms with Crippen molar-refractivity contribution in [3.8, 4) is 0 Å². The van der Waals surface area contributed by atoms with Crippen LogP contribution in [-0.4, -0.2) is 43.5 Å². The molecule has 0 aromatic heterocycles. The average Bonchev–Trinajstić information content (AvgIpc) is 2.67. The lowest BCUT2D eigenvalue weighted by Gasteiger charge is -2.21. The summed E-state index contributed by atoms with van der Waals surface area (Å²) in [5.74, 6) is 0.840. The maximum atomic E-state index is 3.61. The summed E-state index contributed by atoms with van der Waals surface area (Å²) in [7, 11) is 4.44. The fourth-order valence-electron chi connectivity index (χ4n) is 2.60. The molecule has 1 aromatic carbocycles. The van der Waals surface area contributed by atoms with Gasteiger partial charge in [-0.3, -0.25) is 0 Å². The highest BCUT2D eigenvalue weighted by molar-refractivity contribution is 9.10. The lowest BCUT2D eigenvalue weighted by atomic mass is 10.1. The third-order valence-electron chi connectivity index (χ3n) is 3.46. The van der Waals surface area contributed by atoms with Crippen LogP contribution in [0.1, 0.15) is 12.0 Å². The normalized spacial score (nSPS) is 21.3. The predicted molar refractivity (Wildman–Crippen MR) is 76.1 cm³/mol. The Bertz CT molecular complexity index is 367. The molecule has 94 valence electrons. The van der Waals surface area contributed by atoms with Gasteiger partial charge in [0.2, 0.25) is 0 Å². The Morgan fingerprint density at radius 2 is 2.18 bits per heavy atom. The second-order valence-electron chi connectivity index (χ2n) is 5.21. The topological polar surface area (TPSA) is 6.48 Å². The predicted octanol–water partition coefficient (Wildman–Crippen LogP) is 2.83. The minimum atomic E-state index is 0.840. The number of hydrogen-bond donors (Lipinski definition) is 0. The van der Waals surface area contributed by atoms with Gasteiger partial charge in [0.25, 0.3) is 0 Å². The zero-order valence-electron chi connectivity index (χ0n) is 10.7. The Hall–Kier alpha value is -0.380. The van der Waals surface area contributed by atoms with E-state index in [4.69, 9.17) is 0 Å². The van der Waals surface area contributed by atoms with Crippen LogP contribution in [0.5, 0.6) is 0 Å². The van der Waals surface area contributed by atoms with E-state index in [1.54, 1.807) is 0 Å². The highest BCUT2D eigenvalue weighted by atomic mass is 79.9. The van der Waals surface area contributed by atoms with Crippen LogP contribution in [-0.2, 0) is 6.54 Å². The van der Waals surface area contributed by atoms with Crippen LogP contribution >= 0.6 is 15.9 Å². The molecule has 0 N–H and O–H groups in total. The maximum absolute atomic E-state index is 3.61. The van der Waals surface area contributed by atoms with Crippen LogP contribution in [0.15, 0.2) is 28.7 Å². The fraction of sp³-hybridized carbons (Fsp3) is 0.571. The zero-order valence-corrected chi connectivity index (χ0v) is 12.3. The molecule has 1 unspecified atom stereocenters. The molecule has 1 aliphatic rings. The van der Waals surface area contributed by atoms with Crippen LogP contribution in [0, 0.1) is 5.92 Å². The maximum Gasteiger partial charge on any atom is 0.0242 e. The molecule has 0 radical (unpaired) electrons. The molecule has 17 heavy (non-hydrogen) atoms. The SMILES string of the molecule is CN1CCC(CN(C)Cc2ccccc2Br)C1. The molecule has 1 aromatic rings. The van der Waals surface area contributed by atoms with Crippen molar-refractivity contribution in [2.45, 2.75) is 13.0 Å². The number of hydrogen-bond acceptors (Lipinski definition) is 2. The molecular formula is C14H21BrN2. The summed E-state index contributed by atoms with van der Waals surface area (Å²) in [6.45, 7) is 4.74. The highest BCUT2D eigenvalue weighted by Gasteiger charge is 2.20. The van der Waals surface area contributed by atoms with Gasteiger partial charge in [-0.15, -0.1) is 0 Å². The third-order valence-corrected chi connectivity index (χ3v) is 4.23. The van der Waals surface area contributed by atoms with Crippen LogP contribution in [0.2, 0.25) is 0 Å². The van der Waals surface area contributed by atoms with Gasteiger partial charge >= 0.3 is 0 Å². The standard InChI is InChI=1S/C14H21BrN2/c1-16-8-7-12(9-16)10-17(2)11-13-5-3-4-6-14(13)15/h3-6,12H,7-11H2,1-2H3. The summed E-state index contributed by atoms with van der Waals surface area (Å²) >= 11 is 3.61. The number of rotatable bonds is 4. The minimum absolute atomic E-state index is 0.840. The first-order valence-corrected chi connectivity index (χ1v) is 7.05. The number of likely N-dealkylation sites (tertiary alicyclic amines) is 1. The van der Waals surface area contributed by atoms with E-state index in [-0.39, 0.29) is 0 Å². The molecular weight excluding hydrogens is 276 g/mol. The summed E-state index contributed by atoms with van der Waals surface area (Å²) < 4.78 is 1.22. The Balaban J connectivity index is 1.85. The third kappa shape index (κ3) is 3.80. The average molecular weight is 297 g/mol. The van der Waals surface area contributed by atoms with Crippen molar-refractivity contribution in [1.82, 2.24) is 9.80 Å². The van der Waals surface area contributed by atoms with Crippen LogP contribution < -0.4 is 0 Å². The smallest absolute Gasteiger partial charge is 0.0242 e. The van der Waals surface area contributed by atoms with Crippen molar-refractivity contribution >= 4 is 15.9 Å². The molecule has 1 heterocycles. The first-order valence-electron chi connectivity index (χ1n) is 6.25. The van der Waals surface area contributed by atoms with Gasteiger partial charge in [0.15, 0.2) is 0 Å². The summed E-state index contributed by atoms with van der Waals surface area (Å²) in [6.07, 6.45) is 1.34. The molecule has 3 heteroatoms. The first kappa shape index (κ1) is 13.1. The van der Waals surface area contributed by atoms with Crippen molar-refractivity contribution in [1.29, 1.82) is 0 Å². The van der Waals surface area contributed by atoms with E-state index < -0.39 is 0 Å². The molecule has 0 aliphatic carbocycles. The molecule has 0 spiro atoms. The monoisotopic (exact) mass is 296 g/mol. The lowest BCUT2D eigenvalue weighted by molar-refractivity contribution is 0.267. The van der Waals surface area contributed by atoms with Crippen LogP contribution in [0.4, 0.5) is 0 Å². The molecule has 2 nitrogen and oxygen atoms in total. The van der Waals surface area contributed by atoms with Crippen molar-refractivity contribution in [3.63, 3.8) is 0 Å². The minimum Gasteiger partial charge on any atom is -0.306 e. The summed E-state index contributed by atoms with van der Waals surface area (Å²) in [5, 5.41) is 0. The molecule has 1 atom stereocenters. The van der Waals surface area contributed by atoms with Gasteiger partial charge in [-0.1, -0.05) is 34.1 Å². The van der Waals surface area contributed by atoms with Gasteiger partial charge < -0.3 is 9.80 Å². The number of benzene rings is 1. The van der Waals surface area contributed by atoms with Gasteiger partial charge in [0.1, 0.15) is 0 Å². The molecule has 1 fully saturated rings. The van der Waals surface area contributed by atoms with Crippen LogP contribution in [0.3, 0.4) is 0 Å². The molecule has 2 rings (SSSR count). The van der Waals surface area contributed by atoms with E-state index in [0.29, 0.717) is 0 Å². The Morgan fingerprint density at radius 3 is 2.82 bits per heavy atom. The van der Waals surface area contributed by atoms with Gasteiger partial charge in [0.05, 0.1) is 0 Å². The fourth-order valence-corrected chi connectivity index (χ4v) is 3.01. The Labute approximate surface area is 113 Å². The quantitative estimate of drug-likeness (QED) is 0.843. The largest absolute Gasteiger partial charge is 0.306 e. The zero-order chi connectivity index (χ0) is 12.3. The van der Waals surface area contributed by atoms with Gasteiger partial charge in [0, 0.05) is 24.1 Å². The van der Waals surface area contributed by atoms with E-state index in [1.165, 1.54) is 36.1 Å². The van der Waals surface area contributed by atoms with Crippen molar-refractivity contribution in [2.75, 3.05) is 33.7 Å². The van der Waals surface area contributed by atoms with Gasteiger partial charge in [-0.05, 0) is 44.6 Å². The number of nitrogens with zero attached hydrogens (tertiary/aromatic N) is 2.